The van der Waals surface area contributed by atoms with E-state index in [4.69, 9.17) is 23.2 Å². The highest BCUT2D eigenvalue weighted by Crippen LogP contribution is 2.26. The van der Waals surface area contributed by atoms with Crippen molar-refractivity contribution in [2.75, 3.05) is 5.32 Å². The summed E-state index contributed by atoms with van der Waals surface area (Å²) < 4.78 is 0. The summed E-state index contributed by atoms with van der Waals surface area (Å²) in [5, 5.41) is 5.92. The molecule has 2 nitrogen and oxygen atoms in total. The van der Waals surface area contributed by atoms with Crippen molar-refractivity contribution in [2.45, 2.75) is 13.5 Å². The fraction of sp³-hybridized carbons (Fsp3) is 0.118. The third-order valence-corrected chi connectivity index (χ3v) is 4.05. The number of fused-ring (bicyclic) bond motifs is 1. The van der Waals surface area contributed by atoms with Gasteiger partial charge in [0.15, 0.2) is 0 Å². The largest absolute Gasteiger partial charge is 0.380 e. The number of anilines is 1. The lowest BCUT2D eigenvalue weighted by atomic mass is 10.1. The van der Waals surface area contributed by atoms with E-state index in [1.54, 1.807) is 6.07 Å². The van der Waals surface area contributed by atoms with Crippen LogP contribution in [0, 0.1) is 6.92 Å². The van der Waals surface area contributed by atoms with E-state index < -0.39 is 0 Å². The van der Waals surface area contributed by atoms with Gasteiger partial charge in [0, 0.05) is 33.9 Å². The van der Waals surface area contributed by atoms with Gasteiger partial charge in [-0.15, -0.1) is 0 Å². The minimum atomic E-state index is 0.618. The number of aryl methyl sites for hydroxylation is 1. The zero-order valence-electron chi connectivity index (χ0n) is 11.5. The number of pyridine rings is 1. The van der Waals surface area contributed by atoms with Crippen molar-refractivity contribution >= 4 is 39.8 Å². The van der Waals surface area contributed by atoms with Gasteiger partial charge in [0.1, 0.15) is 0 Å². The van der Waals surface area contributed by atoms with E-state index in [0.29, 0.717) is 16.6 Å². The molecule has 0 atom stereocenters. The number of nitrogens with zero attached hydrogens (tertiary/aromatic N) is 1. The van der Waals surface area contributed by atoms with Gasteiger partial charge >= 0.3 is 0 Å². The normalized spacial score (nSPS) is 10.8. The van der Waals surface area contributed by atoms with Crippen molar-refractivity contribution in [1.82, 2.24) is 4.98 Å². The molecule has 4 heteroatoms. The van der Waals surface area contributed by atoms with E-state index in [9.17, 15) is 0 Å². The van der Waals surface area contributed by atoms with Gasteiger partial charge in [-0.3, -0.25) is 4.98 Å². The van der Waals surface area contributed by atoms with E-state index in [1.165, 1.54) is 0 Å². The predicted octanol–water partition coefficient (Wildman–Crippen LogP) is 5.46. The number of rotatable bonds is 3. The number of aromatic nitrogens is 1. The Morgan fingerprint density at radius 1 is 1.10 bits per heavy atom. The molecule has 0 aliphatic heterocycles. The lowest BCUT2D eigenvalue weighted by Gasteiger charge is -2.12. The topological polar surface area (TPSA) is 24.9 Å². The molecule has 1 aromatic heterocycles. The molecule has 0 saturated carbocycles. The zero-order chi connectivity index (χ0) is 14.8. The Morgan fingerprint density at radius 2 is 1.95 bits per heavy atom. The van der Waals surface area contributed by atoms with Gasteiger partial charge in [-0.25, -0.2) is 0 Å². The van der Waals surface area contributed by atoms with Crippen LogP contribution in [0.15, 0.2) is 48.7 Å². The van der Waals surface area contributed by atoms with Gasteiger partial charge < -0.3 is 5.32 Å². The highest BCUT2D eigenvalue weighted by molar-refractivity contribution is 6.33. The van der Waals surface area contributed by atoms with E-state index in [-0.39, 0.29) is 0 Å². The Morgan fingerprint density at radius 3 is 2.81 bits per heavy atom. The maximum absolute atomic E-state index is 6.19. The van der Waals surface area contributed by atoms with Crippen LogP contribution >= 0.6 is 23.2 Å². The first kappa shape index (κ1) is 14.2. The van der Waals surface area contributed by atoms with Crippen molar-refractivity contribution in [1.29, 1.82) is 0 Å². The van der Waals surface area contributed by atoms with Gasteiger partial charge in [0.05, 0.1) is 5.52 Å². The van der Waals surface area contributed by atoms with E-state index in [2.05, 4.69) is 35.4 Å². The second-order valence-corrected chi connectivity index (χ2v) is 5.76. The van der Waals surface area contributed by atoms with Crippen LogP contribution in [0.25, 0.3) is 10.9 Å². The van der Waals surface area contributed by atoms with Gasteiger partial charge in [-0.1, -0.05) is 29.3 Å². The van der Waals surface area contributed by atoms with Crippen molar-refractivity contribution < 1.29 is 0 Å². The zero-order valence-corrected chi connectivity index (χ0v) is 13.0. The molecule has 21 heavy (non-hydrogen) atoms. The molecule has 0 bridgehead atoms. The van der Waals surface area contributed by atoms with Gasteiger partial charge in [0.2, 0.25) is 0 Å². The van der Waals surface area contributed by atoms with E-state index in [1.807, 2.05) is 24.4 Å². The second-order valence-electron chi connectivity index (χ2n) is 4.92. The van der Waals surface area contributed by atoms with Crippen LogP contribution in [-0.4, -0.2) is 4.98 Å². The molecule has 0 unspecified atom stereocenters. The highest BCUT2D eigenvalue weighted by Gasteiger charge is 2.06. The van der Waals surface area contributed by atoms with E-state index >= 15 is 0 Å². The Hall–Kier alpha value is -1.77. The lowest BCUT2D eigenvalue weighted by molar-refractivity contribution is 1.15. The van der Waals surface area contributed by atoms with Crippen LogP contribution in [0.1, 0.15) is 11.1 Å². The van der Waals surface area contributed by atoms with Crippen molar-refractivity contribution in [3.63, 3.8) is 0 Å². The standard InChI is InChI=1S/C17H14Cl2N2/c1-11-4-7-16(14-3-2-8-20-17(11)14)21-10-12-9-13(18)5-6-15(12)19/h2-9,21H,10H2,1H3. The summed E-state index contributed by atoms with van der Waals surface area (Å²) in [6.07, 6.45) is 1.81. The highest BCUT2D eigenvalue weighted by atomic mass is 35.5. The quantitative estimate of drug-likeness (QED) is 0.693. The van der Waals surface area contributed by atoms with Crippen molar-refractivity contribution in [3.8, 4) is 0 Å². The van der Waals surface area contributed by atoms with Crippen LogP contribution in [0.2, 0.25) is 10.0 Å². The minimum Gasteiger partial charge on any atom is -0.380 e. The Balaban J connectivity index is 1.92. The number of hydrogen-bond donors (Lipinski definition) is 1. The fourth-order valence-electron chi connectivity index (χ4n) is 2.34. The van der Waals surface area contributed by atoms with E-state index in [0.717, 1.165) is 27.7 Å². The van der Waals surface area contributed by atoms with Gasteiger partial charge in [0.25, 0.3) is 0 Å². The first-order chi connectivity index (χ1) is 10.1. The number of halogens is 2. The summed E-state index contributed by atoms with van der Waals surface area (Å²) >= 11 is 12.2. The summed E-state index contributed by atoms with van der Waals surface area (Å²) in [4.78, 5) is 4.44. The molecule has 0 spiro atoms. The van der Waals surface area contributed by atoms with Crippen LogP contribution in [0.3, 0.4) is 0 Å². The number of nitrogens with one attached hydrogen (secondary N) is 1. The summed E-state index contributed by atoms with van der Waals surface area (Å²) in [6.45, 7) is 2.68. The SMILES string of the molecule is Cc1ccc(NCc2cc(Cl)ccc2Cl)c2cccnc12. The molecule has 3 aromatic rings. The van der Waals surface area contributed by atoms with Gasteiger partial charge in [-0.2, -0.15) is 0 Å². The predicted molar refractivity (Wildman–Crippen MR) is 90.3 cm³/mol. The van der Waals surface area contributed by atoms with Crippen molar-refractivity contribution in [2.24, 2.45) is 0 Å². The molecule has 1 N–H and O–H groups in total. The summed E-state index contributed by atoms with van der Waals surface area (Å²) in [7, 11) is 0. The Labute approximate surface area is 133 Å². The molecular formula is C17H14Cl2N2. The number of hydrogen-bond acceptors (Lipinski definition) is 2. The Bertz CT molecular complexity index is 800. The van der Waals surface area contributed by atoms with Crippen LogP contribution in [-0.2, 0) is 6.54 Å². The summed E-state index contributed by atoms with van der Waals surface area (Å²) in [5.41, 5.74) is 4.19. The summed E-state index contributed by atoms with van der Waals surface area (Å²) in [6, 6.07) is 13.6. The molecule has 0 saturated heterocycles. The summed E-state index contributed by atoms with van der Waals surface area (Å²) in [5.74, 6) is 0. The average Bonchev–Trinajstić information content (AvgIpc) is 2.50. The second kappa shape index (κ2) is 5.92. The third kappa shape index (κ3) is 2.97. The molecule has 1 heterocycles. The molecule has 0 fully saturated rings. The third-order valence-electron chi connectivity index (χ3n) is 3.45. The molecule has 106 valence electrons. The molecule has 0 radical (unpaired) electrons. The smallest absolute Gasteiger partial charge is 0.0751 e. The molecule has 3 rings (SSSR count). The van der Waals surface area contributed by atoms with Crippen LogP contribution < -0.4 is 5.32 Å². The first-order valence-electron chi connectivity index (χ1n) is 6.67. The maximum Gasteiger partial charge on any atom is 0.0751 e. The van der Waals surface area contributed by atoms with Gasteiger partial charge in [-0.05, 0) is 54.4 Å². The molecule has 0 aliphatic rings. The molecule has 0 amide bonds. The number of benzene rings is 2. The Kier molecular flexibility index (Phi) is 4.00. The molecule has 0 aliphatic carbocycles. The minimum absolute atomic E-state index is 0.618. The molecule has 2 aromatic carbocycles. The van der Waals surface area contributed by atoms with Crippen LogP contribution in [0.4, 0.5) is 5.69 Å². The molecular weight excluding hydrogens is 303 g/mol. The van der Waals surface area contributed by atoms with Crippen molar-refractivity contribution in [3.05, 3.63) is 69.8 Å². The monoisotopic (exact) mass is 316 g/mol. The first-order valence-corrected chi connectivity index (χ1v) is 7.43. The fourth-order valence-corrected chi connectivity index (χ4v) is 2.72. The lowest BCUT2D eigenvalue weighted by Crippen LogP contribution is -2.01. The van der Waals surface area contributed by atoms with Crippen LogP contribution in [0.5, 0.6) is 0 Å². The average molecular weight is 317 g/mol. The maximum atomic E-state index is 6.19.